The molecule has 2 atom stereocenters. The van der Waals surface area contributed by atoms with Crippen molar-refractivity contribution in [3.8, 4) is 11.3 Å². The molecule has 210 valence electrons. The Morgan fingerprint density at radius 2 is 2.02 bits per heavy atom. The van der Waals surface area contributed by atoms with Crippen LogP contribution in [0.5, 0.6) is 0 Å². The van der Waals surface area contributed by atoms with E-state index in [-0.39, 0.29) is 22.8 Å². The summed E-state index contributed by atoms with van der Waals surface area (Å²) in [6.45, 7) is 0.562. The highest BCUT2D eigenvalue weighted by Crippen LogP contribution is 2.50. The van der Waals surface area contributed by atoms with Gasteiger partial charge in [-0.05, 0) is 61.6 Å². The Hall–Kier alpha value is -3.54. The molecule has 3 aromatic rings. The van der Waals surface area contributed by atoms with Crippen molar-refractivity contribution in [3.05, 3.63) is 88.7 Å². The van der Waals surface area contributed by atoms with Crippen LogP contribution in [0.1, 0.15) is 59.3 Å². The topological polar surface area (TPSA) is 138 Å². The molecule has 1 aliphatic heterocycles. The van der Waals surface area contributed by atoms with Crippen LogP contribution in [0.4, 0.5) is 10.2 Å². The Bertz CT molecular complexity index is 1590. The number of anilines is 1. The van der Waals surface area contributed by atoms with Crippen LogP contribution in [0.15, 0.2) is 61.0 Å². The van der Waals surface area contributed by atoms with Gasteiger partial charge in [0.2, 0.25) is 10.0 Å². The van der Waals surface area contributed by atoms with Crippen molar-refractivity contribution in [1.29, 1.82) is 0 Å². The molecular formula is C28H29ClFN5O4S. The molecule has 0 bridgehead atoms. The van der Waals surface area contributed by atoms with E-state index in [0.29, 0.717) is 34.1 Å². The lowest BCUT2D eigenvalue weighted by atomic mass is 9.80. The molecule has 12 heteroatoms. The first-order chi connectivity index (χ1) is 19.0. The van der Waals surface area contributed by atoms with Crippen LogP contribution in [0.25, 0.3) is 11.3 Å². The molecule has 1 aromatic heterocycles. The molecular weight excluding hydrogens is 557 g/mol. The second-order valence-corrected chi connectivity index (χ2v) is 12.7. The molecule has 0 radical (unpaired) electrons. The van der Waals surface area contributed by atoms with Crippen LogP contribution in [-0.4, -0.2) is 52.0 Å². The van der Waals surface area contributed by atoms with E-state index in [2.05, 4.69) is 10.3 Å². The van der Waals surface area contributed by atoms with Gasteiger partial charge in [0.1, 0.15) is 17.3 Å². The van der Waals surface area contributed by atoms with Crippen molar-refractivity contribution in [2.45, 2.75) is 43.2 Å². The number of benzene rings is 2. The maximum absolute atomic E-state index is 15.2. The largest absolute Gasteiger partial charge is 0.516 e. The van der Waals surface area contributed by atoms with E-state index >= 15 is 4.39 Å². The van der Waals surface area contributed by atoms with E-state index in [0.717, 1.165) is 31.9 Å². The number of nitrogens with one attached hydrogen (secondary N) is 1. The van der Waals surface area contributed by atoms with Crippen LogP contribution in [-0.2, 0) is 10.0 Å². The number of aliphatic hydroxyl groups excluding tert-OH is 1. The molecule has 2 fully saturated rings. The summed E-state index contributed by atoms with van der Waals surface area (Å²) >= 11 is 6.05. The molecule has 2 aromatic carbocycles. The SMILES string of the molecule is CS(=O)(=O)N1CC12CCC(c1cnc(N)c(-c3ccc(C(=O)NC(/C=C/O)c4cccc(Cl)c4)c(F)c3)n1)CC2. The lowest BCUT2D eigenvalue weighted by Gasteiger charge is -2.28. The fraction of sp³-hybridized carbons (Fsp3) is 0.321. The Morgan fingerprint density at radius 1 is 1.27 bits per heavy atom. The number of carbonyl (C=O) groups is 1. The Kier molecular flexibility index (Phi) is 7.56. The summed E-state index contributed by atoms with van der Waals surface area (Å²) in [5.74, 6) is -1.24. The molecule has 5 rings (SSSR count). The number of halogens is 2. The highest BCUT2D eigenvalue weighted by atomic mass is 35.5. The molecule has 2 heterocycles. The van der Waals surface area contributed by atoms with Crippen LogP contribution < -0.4 is 11.1 Å². The highest BCUT2D eigenvalue weighted by molar-refractivity contribution is 7.88. The van der Waals surface area contributed by atoms with Gasteiger partial charge in [-0.25, -0.2) is 22.8 Å². The molecule has 1 amide bonds. The van der Waals surface area contributed by atoms with E-state index in [9.17, 15) is 18.3 Å². The number of nitrogen functional groups attached to an aromatic ring is 1. The first kappa shape index (κ1) is 28.0. The molecule has 1 spiro atoms. The third-order valence-corrected chi connectivity index (χ3v) is 9.23. The predicted octanol–water partition coefficient (Wildman–Crippen LogP) is 4.73. The monoisotopic (exact) mass is 585 g/mol. The van der Waals surface area contributed by atoms with Gasteiger partial charge in [0.05, 0.1) is 36.0 Å². The average molecular weight is 586 g/mol. The summed E-state index contributed by atoms with van der Waals surface area (Å²) in [5, 5.41) is 12.4. The van der Waals surface area contributed by atoms with Crippen LogP contribution in [0, 0.1) is 5.82 Å². The van der Waals surface area contributed by atoms with E-state index in [1.165, 1.54) is 24.5 Å². The van der Waals surface area contributed by atoms with E-state index in [4.69, 9.17) is 22.3 Å². The van der Waals surface area contributed by atoms with Gasteiger partial charge in [-0.1, -0.05) is 29.8 Å². The van der Waals surface area contributed by atoms with Gasteiger partial charge < -0.3 is 16.2 Å². The van der Waals surface area contributed by atoms with Gasteiger partial charge in [-0.2, -0.15) is 4.31 Å². The number of nitrogens with two attached hydrogens (primary N) is 1. The number of aromatic nitrogens is 2. The number of hydrogen-bond acceptors (Lipinski definition) is 7. The summed E-state index contributed by atoms with van der Waals surface area (Å²) < 4.78 is 40.6. The van der Waals surface area contributed by atoms with Gasteiger partial charge in [-0.15, -0.1) is 0 Å². The Balaban J connectivity index is 1.32. The molecule has 2 unspecified atom stereocenters. The lowest BCUT2D eigenvalue weighted by Crippen LogP contribution is -2.28. The molecule has 1 saturated carbocycles. The number of carbonyl (C=O) groups excluding carboxylic acids is 1. The average Bonchev–Trinajstić information content (AvgIpc) is 3.63. The Morgan fingerprint density at radius 3 is 2.65 bits per heavy atom. The summed E-state index contributed by atoms with van der Waals surface area (Å²) in [4.78, 5) is 21.9. The van der Waals surface area contributed by atoms with Gasteiger partial charge in [0.25, 0.3) is 5.91 Å². The molecule has 4 N–H and O–H groups in total. The fourth-order valence-corrected chi connectivity index (χ4v) is 7.03. The van der Waals surface area contributed by atoms with Gasteiger partial charge in [0, 0.05) is 28.6 Å². The van der Waals surface area contributed by atoms with Crippen molar-refractivity contribution in [3.63, 3.8) is 0 Å². The Labute approximate surface area is 236 Å². The molecule has 40 heavy (non-hydrogen) atoms. The first-order valence-corrected chi connectivity index (χ1v) is 15.0. The normalized spacial score (nSPS) is 23.3. The summed E-state index contributed by atoms with van der Waals surface area (Å²) in [6.07, 6.45) is 8.01. The number of sulfonamides is 1. The quantitative estimate of drug-likeness (QED) is 0.269. The maximum Gasteiger partial charge on any atom is 0.254 e. The number of amides is 1. The number of nitrogens with zero attached hydrogens (tertiary/aromatic N) is 3. The second-order valence-electron chi connectivity index (χ2n) is 10.3. The van der Waals surface area contributed by atoms with Crippen molar-refractivity contribution < 1.29 is 22.7 Å². The minimum absolute atomic E-state index is 0.0809. The maximum atomic E-state index is 15.2. The minimum Gasteiger partial charge on any atom is -0.516 e. The number of hydrogen-bond donors (Lipinski definition) is 3. The summed E-state index contributed by atoms with van der Waals surface area (Å²) in [6, 6.07) is 10.1. The van der Waals surface area contributed by atoms with Crippen molar-refractivity contribution in [2.24, 2.45) is 0 Å². The standard InChI is InChI=1S/C28H29ClFN5O4S/c1-40(38,39)35-16-28(35)10-7-17(8-11-28)24-15-32-26(31)25(33-24)19-5-6-21(22(30)14-19)27(37)34-23(9-12-36)18-3-2-4-20(29)13-18/h2-6,9,12-15,17,23,36H,7-8,10-11,16H2,1H3,(H2,31,32)(H,34,37)/b12-9+. The zero-order valence-corrected chi connectivity index (χ0v) is 23.3. The van der Waals surface area contributed by atoms with Gasteiger partial charge >= 0.3 is 0 Å². The zero-order chi connectivity index (χ0) is 28.7. The smallest absolute Gasteiger partial charge is 0.254 e. The van der Waals surface area contributed by atoms with E-state index < -0.39 is 27.8 Å². The second kappa shape index (κ2) is 10.8. The zero-order valence-electron chi connectivity index (χ0n) is 21.7. The number of aliphatic hydroxyl groups is 1. The van der Waals surface area contributed by atoms with Crippen LogP contribution in [0.3, 0.4) is 0 Å². The molecule has 2 aliphatic rings. The molecule has 9 nitrogen and oxygen atoms in total. The van der Waals surface area contributed by atoms with E-state index in [1.807, 2.05) is 0 Å². The molecule has 1 saturated heterocycles. The van der Waals surface area contributed by atoms with E-state index in [1.54, 1.807) is 40.8 Å². The van der Waals surface area contributed by atoms with Crippen LogP contribution in [0.2, 0.25) is 5.02 Å². The highest BCUT2D eigenvalue weighted by Gasteiger charge is 2.58. The van der Waals surface area contributed by atoms with Crippen LogP contribution >= 0.6 is 11.6 Å². The molecule has 1 aliphatic carbocycles. The van der Waals surface area contributed by atoms with Crippen molar-refractivity contribution >= 4 is 33.3 Å². The predicted molar refractivity (Wildman–Crippen MR) is 151 cm³/mol. The summed E-state index contributed by atoms with van der Waals surface area (Å²) in [5.41, 5.74) is 7.66. The van der Waals surface area contributed by atoms with Crippen molar-refractivity contribution in [1.82, 2.24) is 19.6 Å². The number of rotatable bonds is 7. The minimum atomic E-state index is -3.20. The third kappa shape index (κ3) is 5.67. The fourth-order valence-electron chi connectivity index (χ4n) is 5.47. The first-order valence-electron chi connectivity index (χ1n) is 12.8. The van der Waals surface area contributed by atoms with Gasteiger partial charge in [0.15, 0.2) is 0 Å². The lowest BCUT2D eigenvalue weighted by molar-refractivity contribution is 0.0940. The summed E-state index contributed by atoms with van der Waals surface area (Å²) in [7, 11) is -3.20. The third-order valence-electron chi connectivity index (χ3n) is 7.68. The van der Waals surface area contributed by atoms with Crippen molar-refractivity contribution in [2.75, 3.05) is 18.5 Å². The van der Waals surface area contributed by atoms with Gasteiger partial charge in [-0.3, -0.25) is 4.79 Å².